The van der Waals surface area contributed by atoms with Crippen molar-refractivity contribution in [1.29, 1.82) is 0 Å². The molecule has 0 bridgehead atoms. The first kappa shape index (κ1) is 17.6. The van der Waals surface area contributed by atoms with Crippen molar-refractivity contribution in [3.8, 4) is 11.3 Å². The highest BCUT2D eigenvalue weighted by Gasteiger charge is 2.21. The van der Waals surface area contributed by atoms with Crippen molar-refractivity contribution in [1.82, 2.24) is 24.8 Å². The van der Waals surface area contributed by atoms with E-state index in [0.717, 1.165) is 27.7 Å². The number of imidazole rings is 1. The number of rotatable bonds is 4. The normalized spacial score (nSPS) is 11.6. The second-order valence-electron chi connectivity index (χ2n) is 6.84. The lowest BCUT2D eigenvalue weighted by molar-refractivity contribution is 0.0952. The zero-order valence-corrected chi connectivity index (χ0v) is 16.8. The smallest absolute Gasteiger partial charge is 0.259 e. The number of pyridine rings is 1. The van der Waals surface area contributed by atoms with E-state index in [4.69, 9.17) is 8.94 Å². The molecule has 8 nitrogen and oxygen atoms in total. The number of furan rings is 1. The van der Waals surface area contributed by atoms with Crippen LogP contribution < -0.4 is 5.32 Å². The number of hydrogen-bond acceptors (Lipinski definition) is 7. The van der Waals surface area contributed by atoms with Gasteiger partial charge in [-0.25, -0.2) is 9.97 Å². The van der Waals surface area contributed by atoms with Gasteiger partial charge in [0.2, 0.25) is 0 Å². The summed E-state index contributed by atoms with van der Waals surface area (Å²) in [6, 6.07) is 3.65. The third kappa shape index (κ3) is 2.99. The van der Waals surface area contributed by atoms with Gasteiger partial charge in [0, 0.05) is 23.3 Å². The predicted molar refractivity (Wildman–Crippen MR) is 108 cm³/mol. The number of nitrogens with zero attached hydrogens (tertiary/aromatic N) is 4. The summed E-state index contributed by atoms with van der Waals surface area (Å²) in [7, 11) is 0. The molecule has 5 rings (SSSR count). The van der Waals surface area contributed by atoms with Crippen LogP contribution in [0.2, 0.25) is 0 Å². The highest BCUT2D eigenvalue weighted by atomic mass is 32.1. The Balaban J connectivity index is 1.51. The number of nitrogens with one attached hydrogen (secondary N) is 1. The first-order valence-corrected chi connectivity index (χ1v) is 9.91. The minimum Gasteiger partial charge on any atom is -0.466 e. The van der Waals surface area contributed by atoms with Crippen LogP contribution in [0.3, 0.4) is 0 Å². The minimum absolute atomic E-state index is 0.237. The first-order valence-electron chi connectivity index (χ1n) is 9.03. The van der Waals surface area contributed by atoms with E-state index in [9.17, 15) is 4.79 Å². The van der Waals surface area contributed by atoms with Gasteiger partial charge in [-0.15, -0.1) is 11.3 Å². The van der Waals surface area contributed by atoms with E-state index >= 15 is 0 Å². The Bertz CT molecular complexity index is 1350. The fourth-order valence-electron chi connectivity index (χ4n) is 3.42. The van der Waals surface area contributed by atoms with Crippen LogP contribution in [0.5, 0.6) is 0 Å². The van der Waals surface area contributed by atoms with E-state index < -0.39 is 0 Å². The Labute approximate surface area is 169 Å². The topological polar surface area (TPSA) is 98.5 Å². The number of thiazole rings is 1. The first-order chi connectivity index (χ1) is 14.0. The number of fused-ring (bicyclic) bond motifs is 2. The summed E-state index contributed by atoms with van der Waals surface area (Å²) in [6.45, 7) is 5.85. The summed E-state index contributed by atoms with van der Waals surface area (Å²) < 4.78 is 12.9. The van der Waals surface area contributed by atoms with Crippen LogP contribution in [0.1, 0.15) is 33.3 Å². The second kappa shape index (κ2) is 6.56. The Morgan fingerprint density at radius 2 is 2.10 bits per heavy atom. The zero-order chi connectivity index (χ0) is 20.1. The molecule has 0 aliphatic rings. The molecule has 0 atom stereocenters. The van der Waals surface area contributed by atoms with Gasteiger partial charge in [-0.3, -0.25) is 9.20 Å². The SMILES string of the molecule is Cc1cc(-c2cc(C(=O)NCc3cn4ccsc4n3)c3c(C)noc3n2)c(C)o1. The van der Waals surface area contributed by atoms with Crippen molar-refractivity contribution in [2.45, 2.75) is 27.3 Å². The molecule has 0 aromatic carbocycles. The summed E-state index contributed by atoms with van der Waals surface area (Å²) >= 11 is 1.55. The molecule has 5 aromatic heterocycles. The Kier molecular flexibility index (Phi) is 3.99. The molecule has 1 N–H and O–H groups in total. The zero-order valence-electron chi connectivity index (χ0n) is 16.0. The number of aromatic nitrogens is 4. The van der Waals surface area contributed by atoms with E-state index in [1.54, 1.807) is 24.3 Å². The van der Waals surface area contributed by atoms with Crippen molar-refractivity contribution in [3.63, 3.8) is 0 Å². The molecule has 0 aliphatic heterocycles. The van der Waals surface area contributed by atoms with Crippen molar-refractivity contribution in [3.05, 3.63) is 58.4 Å². The van der Waals surface area contributed by atoms with Crippen LogP contribution in [-0.4, -0.2) is 25.4 Å². The molecule has 5 heterocycles. The highest BCUT2D eigenvalue weighted by molar-refractivity contribution is 7.15. The van der Waals surface area contributed by atoms with Gasteiger partial charge >= 0.3 is 0 Å². The third-order valence-corrected chi connectivity index (χ3v) is 5.52. The summed E-state index contributed by atoms with van der Waals surface area (Å²) in [5.74, 6) is 1.27. The van der Waals surface area contributed by atoms with Crippen LogP contribution in [0.4, 0.5) is 0 Å². The van der Waals surface area contributed by atoms with Gasteiger partial charge in [-0.05, 0) is 32.9 Å². The van der Waals surface area contributed by atoms with Crippen molar-refractivity contribution in [2.75, 3.05) is 0 Å². The van der Waals surface area contributed by atoms with Gasteiger partial charge in [0.05, 0.1) is 34.6 Å². The lowest BCUT2D eigenvalue weighted by Crippen LogP contribution is -2.23. The van der Waals surface area contributed by atoms with Crippen molar-refractivity contribution < 1.29 is 13.7 Å². The molecule has 0 spiro atoms. The minimum atomic E-state index is -0.237. The molecule has 0 fully saturated rings. The molecule has 1 amide bonds. The molecule has 29 heavy (non-hydrogen) atoms. The number of carbonyl (C=O) groups excluding carboxylic acids is 1. The summed E-state index contributed by atoms with van der Waals surface area (Å²) in [5.41, 5.74) is 3.62. The highest BCUT2D eigenvalue weighted by Crippen LogP contribution is 2.30. The molecular formula is C20H17N5O3S. The molecular weight excluding hydrogens is 390 g/mol. The molecule has 9 heteroatoms. The van der Waals surface area contributed by atoms with Crippen molar-refractivity contribution >= 4 is 33.3 Å². The molecule has 5 aromatic rings. The Morgan fingerprint density at radius 3 is 2.86 bits per heavy atom. The van der Waals surface area contributed by atoms with Gasteiger partial charge in [-0.2, -0.15) is 0 Å². The van der Waals surface area contributed by atoms with Gasteiger partial charge in [0.15, 0.2) is 4.96 Å². The van der Waals surface area contributed by atoms with E-state index in [0.29, 0.717) is 34.6 Å². The van der Waals surface area contributed by atoms with Crippen LogP contribution in [0.15, 0.2) is 38.8 Å². The predicted octanol–water partition coefficient (Wildman–Crippen LogP) is 4.05. The molecule has 0 radical (unpaired) electrons. The number of hydrogen-bond donors (Lipinski definition) is 1. The van der Waals surface area contributed by atoms with E-state index in [1.807, 2.05) is 42.1 Å². The fourth-order valence-corrected chi connectivity index (χ4v) is 4.14. The van der Waals surface area contributed by atoms with Crippen LogP contribution >= 0.6 is 11.3 Å². The Morgan fingerprint density at radius 1 is 1.24 bits per heavy atom. The lowest BCUT2D eigenvalue weighted by Gasteiger charge is -2.07. The quantitative estimate of drug-likeness (QED) is 0.483. The third-order valence-electron chi connectivity index (χ3n) is 4.75. The molecule has 146 valence electrons. The average molecular weight is 407 g/mol. The summed E-state index contributed by atoms with van der Waals surface area (Å²) in [6.07, 6.45) is 3.84. The average Bonchev–Trinajstić information content (AvgIpc) is 3.43. The van der Waals surface area contributed by atoms with Crippen LogP contribution in [0, 0.1) is 20.8 Å². The molecule has 0 saturated carbocycles. The van der Waals surface area contributed by atoms with Crippen LogP contribution in [0.25, 0.3) is 27.3 Å². The van der Waals surface area contributed by atoms with Gasteiger partial charge < -0.3 is 14.3 Å². The molecule has 0 aliphatic carbocycles. The lowest BCUT2D eigenvalue weighted by atomic mass is 10.1. The number of amides is 1. The maximum atomic E-state index is 13.0. The van der Waals surface area contributed by atoms with Gasteiger partial charge in [0.1, 0.15) is 11.5 Å². The van der Waals surface area contributed by atoms with E-state index in [2.05, 4.69) is 20.4 Å². The standard InChI is InChI=1S/C20H17N5O3S/c1-10-6-14(12(3)27-10)16-7-15(17-11(2)24-28-19(17)23-16)18(26)21-8-13-9-25-4-5-29-20(25)22-13/h4-7,9H,8H2,1-3H3,(H,21,26). The van der Waals surface area contributed by atoms with Gasteiger partial charge in [-0.1, -0.05) is 5.16 Å². The van der Waals surface area contributed by atoms with Crippen LogP contribution in [-0.2, 0) is 6.54 Å². The van der Waals surface area contributed by atoms with E-state index in [1.165, 1.54) is 0 Å². The number of aryl methyl sites for hydroxylation is 3. The van der Waals surface area contributed by atoms with Crippen molar-refractivity contribution in [2.24, 2.45) is 0 Å². The Hall–Kier alpha value is -3.46. The molecule has 0 saturated heterocycles. The summed E-state index contributed by atoms with van der Waals surface area (Å²) in [4.78, 5) is 23.0. The number of carbonyl (C=O) groups is 1. The monoisotopic (exact) mass is 407 g/mol. The second-order valence-corrected chi connectivity index (χ2v) is 7.71. The maximum Gasteiger partial charge on any atom is 0.259 e. The van der Waals surface area contributed by atoms with Gasteiger partial charge in [0.25, 0.3) is 11.6 Å². The molecule has 0 unspecified atom stereocenters. The maximum absolute atomic E-state index is 13.0. The largest absolute Gasteiger partial charge is 0.466 e. The fraction of sp³-hybridized carbons (Fsp3) is 0.200. The summed E-state index contributed by atoms with van der Waals surface area (Å²) in [5, 5.41) is 9.50. The van der Waals surface area contributed by atoms with E-state index in [-0.39, 0.29) is 5.91 Å².